The van der Waals surface area contributed by atoms with Crippen molar-refractivity contribution in [2.24, 2.45) is 0 Å². The van der Waals surface area contributed by atoms with E-state index in [1.165, 1.54) is 12.0 Å². The Kier molecular flexibility index (Phi) is 5.92. The molecule has 0 aliphatic heterocycles. The predicted molar refractivity (Wildman–Crippen MR) is 62.0 cm³/mol. The molecule has 0 bridgehead atoms. The third-order valence-electron chi connectivity index (χ3n) is 1.90. The normalized spacial score (nSPS) is 10.4. The van der Waals surface area contributed by atoms with Gasteiger partial charge in [0.1, 0.15) is 0 Å². The van der Waals surface area contributed by atoms with Gasteiger partial charge in [-0.25, -0.2) is 0 Å². The summed E-state index contributed by atoms with van der Waals surface area (Å²) < 4.78 is 5.30. The van der Waals surface area contributed by atoms with E-state index in [2.05, 4.69) is 12.1 Å². The van der Waals surface area contributed by atoms with Crippen LogP contribution in [0.4, 0.5) is 0 Å². The molecular formula is C11H15ClOSi. The number of aryl methyl sites for hydroxylation is 1. The lowest BCUT2D eigenvalue weighted by Crippen LogP contribution is -1.97. The molecule has 1 aromatic carbocycles. The van der Waals surface area contributed by atoms with Gasteiger partial charge in [-0.3, -0.25) is 0 Å². The highest BCUT2D eigenvalue weighted by Crippen LogP contribution is 2.11. The first-order chi connectivity index (χ1) is 6.83. The first-order valence-corrected chi connectivity index (χ1v) is 6.41. The number of benzene rings is 1. The summed E-state index contributed by atoms with van der Waals surface area (Å²) in [6.45, 7) is 2.87. The van der Waals surface area contributed by atoms with Gasteiger partial charge in [0, 0.05) is 11.6 Å². The molecule has 3 heteroatoms. The van der Waals surface area contributed by atoms with Gasteiger partial charge in [0.05, 0.1) is 0 Å². The Balaban J connectivity index is 2.15. The van der Waals surface area contributed by atoms with Crippen LogP contribution in [0.25, 0.3) is 0 Å². The van der Waals surface area contributed by atoms with E-state index in [9.17, 15) is 0 Å². The molecule has 14 heavy (non-hydrogen) atoms. The summed E-state index contributed by atoms with van der Waals surface area (Å²) in [5, 5.41) is 0.810. The van der Waals surface area contributed by atoms with Crippen molar-refractivity contribution in [3.05, 3.63) is 34.9 Å². The topological polar surface area (TPSA) is 9.23 Å². The number of halogens is 1. The molecule has 0 aliphatic carbocycles. The first-order valence-electron chi connectivity index (χ1n) is 4.92. The molecule has 0 aliphatic rings. The number of hydrogen-bond donors (Lipinski definition) is 0. The Bertz CT molecular complexity index is 248. The molecule has 1 aromatic rings. The Labute approximate surface area is 93.4 Å². The summed E-state index contributed by atoms with van der Waals surface area (Å²) >= 11 is 5.80. The van der Waals surface area contributed by atoms with Crippen molar-refractivity contribution in [1.29, 1.82) is 0 Å². The van der Waals surface area contributed by atoms with Gasteiger partial charge in [-0.2, -0.15) is 0 Å². The van der Waals surface area contributed by atoms with Crippen LogP contribution in [0.2, 0.25) is 11.1 Å². The lowest BCUT2D eigenvalue weighted by Gasteiger charge is -2.01. The molecule has 0 aromatic heterocycles. The van der Waals surface area contributed by atoms with Crippen molar-refractivity contribution in [2.75, 3.05) is 6.61 Å². The average molecular weight is 227 g/mol. The van der Waals surface area contributed by atoms with Gasteiger partial charge in [-0.15, -0.1) is 0 Å². The van der Waals surface area contributed by atoms with Crippen molar-refractivity contribution in [3.63, 3.8) is 0 Å². The molecule has 1 nitrogen and oxygen atoms in total. The first kappa shape index (κ1) is 11.8. The van der Waals surface area contributed by atoms with E-state index >= 15 is 0 Å². The van der Waals surface area contributed by atoms with Crippen LogP contribution in [-0.2, 0) is 10.8 Å². The van der Waals surface area contributed by atoms with Crippen molar-refractivity contribution in [1.82, 2.24) is 0 Å². The average Bonchev–Trinajstić information content (AvgIpc) is 2.21. The molecule has 0 saturated carbocycles. The van der Waals surface area contributed by atoms with E-state index in [0.717, 1.165) is 24.1 Å². The zero-order chi connectivity index (χ0) is 10.2. The predicted octanol–water partition coefficient (Wildman–Crippen LogP) is 3.35. The maximum Gasteiger partial charge on any atom is 0.229 e. The largest absolute Gasteiger partial charge is 0.418 e. The minimum absolute atomic E-state index is 0.656. The van der Waals surface area contributed by atoms with Crippen molar-refractivity contribution >= 4 is 21.4 Å². The van der Waals surface area contributed by atoms with E-state index in [-0.39, 0.29) is 0 Å². The van der Waals surface area contributed by atoms with Gasteiger partial charge in [0.15, 0.2) is 0 Å². The van der Waals surface area contributed by atoms with Gasteiger partial charge < -0.3 is 4.43 Å². The fourth-order valence-electron chi connectivity index (χ4n) is 1.19. The second-order valence-corrected chi connectivity index (χ2v) is 4.57. The van der Waals surface area contributed by atoms with Crippen LogP contribution >= 0.6 is 11.6 Å². The minimum atomic E-state index is 0.656. The Hall–Kier alpha value is -0.313. The van der Waals surface area contributed by atoms with Crippen LogP contribution < -0.4 is 0 Å². The maximum atomic E-state index is 5.80. The molecule has 0 amide bonds. The summed E-state index contributed by atoms with van der Waals surface area (Å²) in [7, 11) is 0.656. The van der Waals surface area contributed by atoms with Crippen molar-refractivity contribution < 1.29 is 4.43 Å². The van der Waals surface area contributed by atoms with E-state index < -0.39 is 0 Å². The SMILES string of the molecule is CCO[Si]CCCc1ccc(Cl)cc1. The van der Waals surface area contributed by atoms with Gasteiger partial charge in [0.25, 0.3) is 0 Å². The van der Waals surface area contributed by atoms with Gasteiger partial charge in [-0.1, -0.05) is 23.7 Å². The molecule has 2 radical (unpaired) electrons. The lowest BCUT2D eigenvalue weighted by atomic mass is 10.1. The minimum Gasteiger partial charge on any atom is -0.418 e. The maximum absolute atomic E-state index is 5.80. The molecule has 0 spiro atoms. The summed E-state index contributed by atoms with van der Waals surface area (Å²) in [4.78, 5) is 0. The van der Waals surface area contributed by atoms with Crippen LogP contribution in [0.15, 0.2) is 24.3 Å². The molecule has 0 atom stereocenters. The standard InChI is InChI=1S/C11H15ClOSi/c1-2-13-14-9-3-4-10-5-7-11(12)8-6-10/h5-8H,2-4,9H2,1H3. The highest BCUT2D eigenvalue weighted by molar-refractivity contribution is 6.30. The smallest absolute Gasteiger partial charge is 0.229 e. The third-order valence-corrected chi connectivity index (χ3v) is 3.21. The van der Waals surface area contributed by atoms with Crippen LogP contribution in [0, 0.1) is 0 Å². The zero-order valence-corrected chi connectivity index (χ0v) is 10.2. The molecule has 76 valence electrons. The number of rotatable bonds is 6. The quantitative estimate of drug-likeness (QED) is 0.534. The van der Waals surface area contributed by atoms with E-state index in [0.29, 0.717) is 9.76 Å². The molecule has 0 N–H and O–H groups in total. The molecule has 0 fully saturated rings. The Morgan fingerprint density at radius 1 is 1.29 bits per heavy atom. The fourth-order valence-corrected chi connectivity index (χ4v) is 1.99. The summed E-state index contributed by atoms with van der Waals surface area (Å²) in [6.07, 6.45) is 2.32. The highest BCUT2D eigenvalue weighted by Gasteiger charge is 1.95. The monoisotopic (exact) mass is 226 g/mol. The lowest BCUT2D eigenvalue weighted by molar-refractivity contribution is 0.359. The summed E-state index contributed by atoms with van der Waals surface area (Å²) in [5.41, 5.74) is 1.36. The zero-order valence-electron chi connectivity index (χ0n) is 8.42. The Morgan fingerprint density at radius 2 is 2.00 bits per heavy atom. The fraction of sp³-hybridized carbons (Fsp3) is 0.455. The molecule has 1 rings (SSSR count). The van der Waals surface area contributed by atoms with E-state index in [1.54, 1.807) is 0 Å². The van der Waals surface area contributed by atoms with Crippen LogP contribution in [0.5, 0.6) is 0 Å². The van der Waals surface area contributed by atoms with Crippen LogP contribution in [-0.4, -0.2) is 16.4 Å². The summed E-state index contributed by atoms with van der Waals surface area (Å²) in [6, 6.07) is 9.23. The molecule has 0 unspecified atom stereocenters. The van der Waals surface area contributed by atoms with Crippen LogP contribution in [0.3, 0.4) is 0 Å². The van der Waals surface area contributed by atoms with E-state index in [4.69, 9.17) is 16.0 Å². The molecule has 0 saturated heterocycles. The second-order valence-electron chi connectivity index (χ2n) is 3.06. The third kappa shape index (κ3) is 4.79. The van der Waals surface area contributed by atoms with Gasteiger partial charge >= 0.3 is 0 Å². The van der Waals surface area contributed by atoms with Gasteiger partial charge in [0.2, 0.25) is 9.76 Å². The second kappa shape index (κ2) is 7.04. The van der Waals surface area contributed by atoms with Crippen molar-refractivity contribution in [2.45, 2.75) is 25.8 Å². The van der Waals surface area contributed by atoms with Crippen LogP contribution in [0.1, 0.15) is 18.9 Å². The van der Waals surface area contributed by atoms with Crippen molar-refractivity contribution in [3.8, 4) is 0 Å². The van der Waals surface area contributed by atoms with Gasteiger partial charge in [-0.05, 0) is 43.5 Å². The Morgan fingerprint density at radius 3 is 2.64 bits per heavy atom. The number of hydrogen-bond acceptors (Lipinski definition) is 1. The molecule has 0 heterocycles. The van der Waals surface area contributed by atoms with E-state index in [1.807, 2.05) is 19.1 Å². The molecular weight excluding hydrogens is 212 g/mol. The highest BCUT2D eigenvalue weighted by atomic mass is 35.5. The summed E-state index contributed by atoms with van der Waals surface area (Å²) in [5.74, 6) is 0.